The van der Waals surface area contributed by atoms with Crippen molar-refractivity contribution >= 4 is 33.0 Å². The molecule has 0 atom stereocenters. The molecule has 0 bridgehead atoms. The van der Waals surface area contributed by atoms with E-state index in [-0.39, 0.29) is 5.78 Å². The van der Waals surface area contributed by atoms with E-state index in [1.54, 1.807) is 0 Å². The fourth-order valence-corrected chi connectivity index (χ4v) is 2.07. The minimum absolute atomic E-state index is 0.128. The Morgan fingerprint density at radius 2 is 2.36 bits per heavy atom. The highest BCUT2D eigenvalue weighted by Crippen LogP contribution is 2.22. The zero-order chi connectivity index (χ0) is 8.27. The minimum atomic E-state index is 0.128. The van der Waals surface area contributed by atoms with Gasteiger partial charge in [-0.05, 0) is 34.6 Å². The first-order valence-corrected chi connectivity index (χ1v) is 4.83. The van der Waals surface area contributed by atoms with Crippen LogP contribution in [0.15, 0.2) is 15.9 Å². The molecule has 0 spiro atoms. The molecule has 4 heteroatoms. The van der Waals surface area contributed by atoms with Crippen LogP contribution in [0.5, 0.6) is 0 Å². The third kappa shape index (κ3) is 2.39. The second-order valence-corrected chi connectivity index (χ2v) is 4.53. The molecule has 2 nitrogen and oxygen atoms in total. The average Bonchev–Trinajstić information content (AvgIpc) is 2.36. The molecule has 0 saturated carbocycles. The van der Waals surface area contributed by atoms with Crippen LogP contribution < -0.4 is 5.73 Å². The van der Waals surface area contributed by atoms with Crippen LogP contribution in [0.25, 0.3) is 0 Å². The topological polar surface area (TPSA) is 43.1 Å². The van der Waals surface area contributed by atoms with Crippen LogP contribution in [0.3, 0.4) is 0 Å². The molecule has 1 aromatic rings. The summed E-state index contributed by atoms with van der Waals surface area (Å²) >= 11 is 4.73. The summed E-state index contributed by atoms with van der Waals surface area (Å²) in [6.07, 6.45) is 0.437. The molecular weight excluding hydrogens is 226 g/mol. The maximum Gasteiger partial charge on any atom is 0.174 e. The first kappa shape index (κ1) is 8.90. The van der Waals surface area contributed by atoms with Crippen LogP contribution in [0.2, 0.25) is 0 Å². The first-order chi connectivity index (χ1) is 5.24. The number of Topliss-reactive ketones (excluding diaryl/α,β-unsaturated/α-hetero) is 1. The van der Waals surface area contributed by atoms with Gasteiger partial charge in [0.2, 0.25) is 0 Å². The summed E-state index contributed by atoms with van der Waals surface area (Å²) in [5, 5.41) is 0. The molecule has 60 valence electrons. The molecule has 0 radical (unpaired) electrons. The second-order valence-electron chi connectivity index (χ2n) is 2.07. The number of ketones is 1. The average molecular weight is 234 g/mol. The third-order valence-corrected chi connectivity index (χ3v) is 2.88. The molecule has 0 aliphatic heterocycles. The lowest BCUT2D eigenvalue weighted by Crippen LogP contribution is -2.06. The number of hydrogen-bond donors (Lipinski definition) is 1. The number of nitrogens with two attached hydrogens (primary N) is 1. The zero-order valence-corrected chi connectivity index (χ0v) is 8.24. The molecule has 0 fully saturated rings. The van der Waals surface area contributed by atoms with Gasteiger partial charge in [-0.25, -0.2) is 0 Å². The quantitative estimate of drug-likeness (QED) is 0.813. The van der Waals surface area contributed by atoms with Crippen LogP contribution in [-0.4, -0.2) is 12.3 Å². The van der Waals surface area contributed by atoms with Crippen LogP contribution in [0.1, 0.15) is 16.1 Å². The Balaban J connectivity index is 2.69. The number of carbonyl (C=O) groups is 1. The number of halogens is 1. The highest BCUT2D eigenvalue weighted by atomic mass is 79.9. The van der Waals surface area contributed by atoms with E-state index in [9.17, 15) is 4.79 Å². The summed E-state index contributed by atoms with van der Waals surface area (Å²) in [6, 6.07) is 3.68. The lowest BCUT2D eigenvalue weighted by atomic mass is 10.2. The zero-order valence-electron chi connectivity index (χ0n) is 5.84. The highest BCUT2D eigenvalue weighted by Gasteiger charge is 2.06. The number of rotatable bonds is 3. The Hall–Kier alpha value is -0.190. The molecule has 2 N–H and O–H groups in total. The van der Waals surface area contributed by atoms with E-state index in [4.69, 9.17) is 5.73 Å². The van der Waals surface area contributed by atoms with Crippen molar-refractivity contribution in [1.82, 2.24) is 0 Å². The van der Waals surface area contributed by atoms with Crippen LogP contribution >= 0.6 is 27.3 Å². The van der Waals surface area contributed by atoms with Gasteiger partial charge < -0.3 is 5.73 Å². The van der Waals surface area contributed by atoms with Crippen LogP contribution in [-0.2, 0) is 0 Å². The fraction of sp³-hybridized carbons (Fsp3) is 0.286. The Kier molecular flexibility index (Phi) is 3.23. The summed E-state index contributed by atoms with van der Waals surface area (Å²) in [4.78, 5) is 11.9. The van der Waals surface area contributed by atoms with Crippen LogP contribution in [0, 0.1) is 0 Å². The van der Waals surface area contributed by atoms with Crippen molar-refractivity contribution in [3.05, 3.63) is 20.8 Å². The number of hydrogen-bond acceptors (Lipinski definition) is 3. The fourth-order valence-electron chi connectivity index (χ4n) is 0.718. The maximum atomic E-state index is 11.2. The molecule has 0 amide bonds. The Labute approximate surface area is 77.5 Å². The maximum absolute atomic E-state index is 11.2. The molecule has 0 aliphatic carbocycles. The van der Waals surface area contributed by atoms with Crippen molar-refractivity contribution < 1.29 is 4.79 Å². The summed E-state index contributed by atoms with van der Waals surface area (Å²) in [7, 11) is 0. The molecule has 1 rings (SSSR count). The molecule has 0 saturated heterocycles. The number of carbonyl (C=O) groups excluding carboxylic acids is 1. The SMILES string of the molecule is NCCC(=O)c1ccc(Br)s1. The molecule has 1 aromatic heterocycles. The van der Waals surface area contributed by atoms with Gasteiger partial charge in [0.25, 0.3) is 0 Å². The monoisotopic (exact) mass is 233 g/mol. The molecule has 1 heterocycles. The van der Waals surface area contributed by atoms with Crippen molar-refractivity contribution in [2.75, 3.05) is 6.54 Å². The number of thiophene rings is 1. The standard InChI is InChI=1S/C7H8BrNOS/c8-7-2-1-6(11-7)5(10)3-4-9/h1-2H,3-4,9H2. The van der Waals surface area contributed by atoms with Crippen molar-refractivity contribution in [1.29, 1.82) is 0 Å². The van der Waals surface area contributed by atoms with E-state index < -0.39 is 0 Å². The third-order valence-electron chi connectivity index (χ3n) is 1.22. The van der Waals surface area contributed by atoms with Gasteiger partial charge >= 0.3 is 0 Å². The van der Waals surface area contributed by atoms with Gasteiger partial charge in [0.1, 0.15) is 0 Å². The molecule has 11 heavy (non-hydrogen) atoms. The van der Waals surface area contributed by atoms with Crippen molar-refractivity contribution in [3.63, 3.8) is 0 Å². The summed E-state index contributed by atoms with van der Waals surface area (Å²) in [5.41, 5.74) is 5.25. The molecule has 0 unspecified atom stereocenters. The van der Waals surface area contributed by atoms with E-state index >= 15 is 0 Å². The van der Waals surface area contributed by atoms with Gasteiger partial charge in [-0.1, -0.05) is 0 Å². The van der Waals surface area contributed by atoms with E-state index in [1.807, 2.05) is 12.1 Å². The van der Waals surface area contributed by atoms with Gasteiger partial charge in [0.15, 0.2) is 5.78 Å². The van der Waals surface area contributed by atoms with Gasteiger partial charge in [-0.3, -0.25) is 4.79 Å². The van der Waals surface area contributed by atoms with Crippen molar-refractivity contribution in [2.24, 2.45) is 5.73 Å². The molecule has 0 aromatic carbocycles. The summed E-state index contributed by atoms with van der Waals surface area (Å²) < 4.78 is 0.984. The Morgan fingerprint density at radius 1 is 1.64 bits per heavy atom. The van der Waals surface area contributed by atoms with Gasteiger partial charge in [-0.2, -0.15) is 0 Å². The van der Waals surface area contributed by atoms with Crippen molar-refractivity contribution in [3.8, 4) is 0 Å². The minimum Gasteiger partial charge on any atom is -0.330 e. The van der Waals surface area contributed by atoms with Gasteiger partial charge in [0, 0.05) is 6.42 Å². The van der Waals surface area contributed by atoms with E-state index in [2.05, 4.69) is 15.9 Å². The van der Waals surface area contributed by atoms with E-state index in [0.717, 1.165) is 8.66 Å². The Morgan fingerprint density at radius 3 is 2.82 bits per heavy atom. The predicted molar refractivity (Wildman–Crippen MR) is 50.0 cm³/mol. The molecule has 0 aliphatic rings. The summed E-state index contributed by atoms with van der Waals surface area (Å²) in [6.45, 7) is 0.425. The predicted octanol–water partition coefficient (Wildman–Crippen LogP) is 2.04. The van der Waals surface area contributed by atoms with E-state index in [0.29, 0.717) is 13.0 Å². The Bertz CT molecular complexity index is 259. The lowest BCUT2D eigenvalue weighted by Gasteiger charge is -1.91. The van der Waals surface area contributed by atoms with Gasteiger partial charge in [0.05, 0.1) is 8.66 Å². The smallest absolute Gasteiger partial charge is 0.174 e. The normalized spacial score (nSPS) is 10.0. The van der Waals surface area contributed by atoms with E-state index in [1.165, 1.54) is 11.3 Å². The van der Waals surface area contributed by atoms with Crippen LogP contribution in [0.4, 0.5) is 0 Å². The first-order valence-electron chi connectivity index (χ1n) is 3.22. The largest absolute Gasteiger partial charge is 0.330 e. The second kappa shape index (κ2) is 3.99. The van der Waals surface area contributed by atoms with Gasteiger partial charge in [-0.15, -0.1) is 11.3 Å². The highest BCUT2D eigenvalue weighted by molar-refractivity contribution is 9.11. The van der Waals surface area contributed by atoms with Crippen molar-refractivity contribution in [2.45, 2.75) is 6.42 Å². The summed E-state index contributed by atoms with van der Waals surface area (Å²) in [5.74, 6) is 0.128. The molecular formula is C7H8BrNOS. The lowest BCUT2D eigenvalue weighted by molar-refractivity contribution is 0.0989.